The lowest BCUT2D eigenvalue weighted by Crippen LogP contribution is -2.43. The average Bonchev–Trinajstić information content (AvgIpc) is 3.22. The van der Waals surface area contributed by atoms with Crippen molar-refractivity contribution in [3.8, 4) is 11.5 Å². The van der Waals surface area contributed by atoms with Crippen molar-refractivity contribution >= 4 is 45.6 Å². The van der Waals surface area contributed by atoms with E-state index in [0.717, 1.165) is 3.57 Å². The van der Waals surface area contributed by atoms with Gasteiger partial charge in [0.15, 0.2) is 0 Å². The summed E-state index contributed by atoms with van der Waals surface area (Å²) in [6.07, 6.45) is 0.836. The van der Waals surface area contributed by atoms with Crippen LogP contribution < -0.4 is 14.8 Å². The Bertz CT molecular complexity index is 1310. The summed E-state index contributed by atoms with van der Waals surface area (Å²) in [5, 5.41) is 17.0. The molecular formula is C24H19FIN3O5. The number of ether oxygens (including phenoxy) is 2. The highest BCUT2D eigenvalue weighted by Crippen LogP contribution is 2.18. The smallest absolute Gasteiger partial charge is 0.413 e. The van der Waals surface area contributed by atoms with Crippen LogP contribution in [0.25, 0.3) is 10.9 Å². The minimum absolute atomic E-state index is 0.119. The van der Waals surface area contributed by atoms with Gasteiger partial charge in [-0.2, -0.15) is 5.10 Å². The van der Waals surface area contributed by atoms with Crippen LogP contribution in [0.4, 0.5) is 9.18 Å². The number of nitrogens with zero attached hydrogens (tertiary/aromatic N) is 2. The number of carbonyl (C=O) groups is 2. The summed E-state index contributed by atoms with van der Waals surface area (Å²) in [4.78, 5) is 23.7. The number of halogens is 2. The molecule has 0 radical (unpaired) electrons. The Morgan fingerprint density at radius 1 is 1.06 bits per heavy atom. The van der Waals surface area contributed by atoms with Gasteiger partial charge in [-0.1, -0.05) is 0 Å². The number of nitrogens with one attached hydrogen (secondary N) is 1. The van der Waals surface area contributed by atoms with Gasteiger partial charge in [0.2, 0.25) is 0 Å². The maximum absolute atomic E-state index is 13.1. The van der Waals surface area contributed by atoms with Crippen LogP contribution in [0.1, 0.15) is 10.4 Å². The highest BCUT2D eigenvalue weighted by atomic mass is 127. The van der Waals surface area contributed by atoms with Gasteiger partial charge in [-0.3, -0.25) is 4.68 Å². The number of benzene rings is 3. The number of aromatic carboxylic acids is 1. The third-order valence-corrected chi connectivity index (χ3v) is 5.61. The van der Waals surface area contributed by atoms with E-state index in [0.29, 0.717) is 16.7 Å². The highest BCUT2D eigenvalue weighted by Gasteiger charge is 2.18. The molecule has 174 valence electrons. The molecule has 34 heavy (non-hydrogen) atoms. The van der Waals surface area contributed by atoms with E-state index in [4.69, 9.17) is 9.47 Å². The number of carboxylic acid groups (broad SMARTS) is 1. The van der Waals surface area contributed by atoms with Crippen LogP contribution in [0.5, 0.6) is 11.5 Å². The number of aromatic nitrogens is 2. The van der Waals surface area contributed by atoms with Crippen LogP contribution in [-0.2, 0) is 6.54 Å². The number of hydrogen-bond donors (Lipinski definition) is 2. The molecule has 2 N–H and O–H groups in total. The monoisotopic (exact) mass is 575 g/mol. The third-order valence-electron chi connectivity index (χ3n) is 4.89. The molecule has 0 aliphatic rings. The average molecular weight is 575 g/mol. The van der Waals surface area contributed by atoms with E-state index >= 15 is 0 Å². The van der Waals surface area contributed by atoms with Crippen LogP contribution in [0.3, 0.4) is 0 Å². The predicted octanol–water partition coefficient (Wildman–Crippen LogP) is 4.71. The SMILES string of the molecule is O=C(NC(COc1ccc(I)cc1)Cn1ncc2cc(C(=O)O)ccc21)Oc1ccc(F)cc1. The quantitative estimate of drug-likeness (QED) is 0.295. The molecule has 1 aromatic heterocycles. The number of amides is 1. The zero-order chi connectivity index (χ0) is 24.1. The molecule has 0 saturated carbocycles. The summed E-state index contributed by atoms with van der Waals surface area (Å²) in [6.45, 7) is 0.354. The van der Waals surface area contributed by atoms with Gasteiger partial charge in [0, 0.05) is 8.96 Å². The fourth-order valence-corrected chi connectivity index (χ4v) is 3.61. The van der Waals surface area contributed by atoms with E-state index in [-0.39, 0.29) is 24.5 Å². The summed E-state index contributed by atoms with van der Waals surface area (Å²) in [5.41, 5.74) is 0.865. The Labute approximate surface area is 207 Å². The van der Waals surface area contributed by atoms with Gasteiger partial charge in [-0.05, 0) is 89.3 Å². The Hall–Kier alpha value is -3.67. The maximum atomic E-state index is 13.1. The Kier molecular flexibility index (Phi) is 7.26. The molecule has 1 amide bonds. The molecule has 1 atom stereocenters. The molecule has 1 heterocycles. The summed E-state index contributed by atoms with van der Waals surface area (Å²) in [6, 6.07) is 16.7. The topological polar surface area (TPSA) is 103 Å². The summed E-state index contributed by atoms with van der Waals surface area (Å²) in [5.74, 6) is -0.630. The fourth-order valence-electron chi connectivity index (χ4n) is 3.25. The lowest BCUT2D eigenvalue weighted by atomic mass is 10.1. The van der Waals surface area contributed by atoms with E-state index in [1.807, 2.05) is 24.3 Å². The van der Waals surface area contributed by atoms with Crippen LogP contribution >= 0.6 is 22.6 Å². The number of fused-ring (bicyclic) bond motifs is 1. The molecule has 0 fully saturated rings. The molecule has 4 aromatic rings. The van der Waals surface area contributed by atoms with Crippen molar-refractivity contribution in [2.45, 2.75) is 12.6 Å². The van der Waals surface area contributed by atoms with Gasteiger partial charge in [0.25, 0.3) is 0 Å². The molecule has 8 nitrogen and oxygen atoms in total. The third kappa shape index (κ3) is 6.01. The lowest BCUT2D eigenvalue weighted by molar-refractivity contribution is 0.0697. The first-order valence-corrected chi connectivity index (χ1v) is 11.3. The van der Waals surface area contributed by atoms with Crippen molar-refractivity contribution in [3.63, 3.8) is 0 Å². The van der Waals surface area contributed by atoms with Crippen molar-refractivity contribution in [2.24, 2.45) is 0 Å². The van der Waals surface area contributed by atoms with Crippen LogP contribution in [0, 0.1) is 9.39 Å². The molecular weight excluding hydrogens is 556 g/mol. The van der Waals surface area contributed by atoms with E-state index in [1.54, 1.807) is 16.9 Å². The normalized spacial score (nSPS) is 11.7. The van der Waals surface area contributed by atoms with Crippen molar-refractivity contribution in [3.05, 3.63) is 87.9 Å². The predicted molar refractivity (Wildman–Crippen MR) is 131 cm³/mol. The van der Waals surface area contributed by atoms with Crippen molar-refractivity contribution in [1.82, 2.24) is 15.1 Å². The van der Waals surface area contributed by atoms with Gasteiger partial charge in [-0.15, -0.1) is 0 Å². The Morgan fingerprint density at radius 3 is 2.47 bits per heavy atom. The molecule has 0 bridgehead atoms. The van der Waals surface area contributed by atoms with Crippen LogP contribution in [-0.4, -0.2) is 39.6 Å². The zero-order valence-electron chi connectivity index (χ0n) is 17.7. The second-order valence-corrected chi connectivity index (χ2v) is 8.60. The van der Waals surface area contributed by atoms with Gasteiger partial charge in [0.1, 0.15) is 23.9 Å². The van der Waals surface area contributed by atoms with Crippen molar-refractivity contribution < 1.29 is 28.6 Å². The summed E-state index contributed by atoms with van der Waals surface area (Å²) >= 11 is 2.19. The van der Waals surface area contributed by atoms with Crippen molar-refractivity contribution in [2.75, 3.05) is 6.61 Å². The molecule has 1 unspecified atom stereocenters. The van der Waals surface area contributed by atoms with Gasteiger partial charge in [-0.25, -0.2) is 14.0 Å². The van der Waals surface area contributed by atoms with Gasteiger partial charge >= 0.3 is 12.1 Å². The molecule has 3 aromatic carbocycles. The van der Waals surface area contributed by atoms with Crippen LogP contribution in [0.2, 0.25) is 0 Å². The molecule has 0 saturated heterocycles. The van der Waals surface area contributed by atoms with E-state index in [1.165, 1.54) is 36.4 Å². The largest absolute Gasteiger partial charge is 0.491 e. The molecule has 0 aliphatic carbocycles. The first-order valence-electron chi connectivity index (χ1n) is 10.2. The number of hydrogen-bond acceptors (Lipinski definition) is 5. The Balaban J connectivity index is 1.50. The lowest BCUT2D eigenvalue weighted by Gasteiger charge is -2.20. The van der Waals surface area contributed by atoms with E-state index in [9.17, 15) is 19.1 Å². The second-order valence-electron chi connectivity index (χ2n) is 7.36. The number of carboxylic acids is 1. The standard InChI is InChI=1S/C24H19FIN3O5/c25-17-2-6-21(7-3-17)34-24(32)28-19(14-33-20-8-4-18(26)5-9-20)13-29-22-10-1-15(23(30)31)11-16(22)12-27-29/h1-12,19H,13-14H2,(H,28,32)(H,30,31). The van der Waals surface area contributed by atoms with Crippen molar-refractivity contribution in [1.29, 1.82) is 0 Å². The highest BCUT2D eigenvalue weighted by molar-refractivity contribution is 14.1. The zero-order valence-corrected chi connectivity index (χ0v) is 19.8. The molecule has 0 spiro atoms. The first kappa shape index (κ1) is 23.5. The maximum Gasteiger partial charge on any atom is 0.413 e. The summed E-state index contributed by atoms with van der Waals surface area (Å²) < 4.78 is 26.9. The van der Waals surface area contributed by atoms with E-state index < -0.39 is 23.9 Å². The van der Waals surface area contributed by atoms with Crippen LogP contribution in [0.15, 0.2) is 72.9 Å². The fraction of sp³-hybridized carbons (Fsp3) is 0.125. The van der Waals surface area contributed by atoms with Gasteiger partial charge < -0.3 is 19.9 Å². The minimum Gasteiger partial charge on any atom is -0.491 e. The molecule has 10 heteroatoms. The number of rotatable bonds is 8. The molecule has 4 rings (SSSR count). The second kappa shape index (κ2) is 10.5. The number of carbonyl (C=O) groups excluding carboxylic acids is 1. The van der Waals surface area contributed by atoms with E-state index in [2.05, 4.69) is 33.0 Å². The first-order chi connectivity index (χ1) is 16.4. The Morgan fingerprint density at radius 2 is 1.76 bits per heavy atom. The summed E-state index contributed by atoms with van der Waals surface area (Å²) in [7, 11) is 0. The minimum atomic E-state index is -1.02. The molecule has 0 aliphatic heterocycles. The van der Waals surface area contributed by atoms with Gasteiger partial charge in [0.05, 0.1) is 29.9 Å².